The van der Waals surface area contributed by atoms with Crippen LogP contribution in [0.4, 0.5) is 17.6 Å². The molecule has 9 nitrogen and oxygen atoms in total. The van der Waals surface area contributed by atoms with E-state index < -0.39 is 18.0 Å². The summed E-state index contributed by atoms with van der Waals surface area (Å²) in [5.41, 5.74) is 0.00928. The molecule has 2 saturated heterocycles. The molecule has 2 fully saturated rings. The van der Waals surface area contributed by atoms with Gasteiger partial charge in [-0.3, -0.25) is 9.78 Å². The zero-order chi connectivity index (χ0) is 24.1. The first-order chi connectivity index (χ1) is 15.6. The normalized spacial score (nSPS) is 18.8. The van der Waals surface area contributed by atoms with E-state index in [0.29, 0.717) is 32.0 Å². The van der Waals surface area contributed by atoms with E-state index in [0.717, 1.165) is 12.8 Å². The van der Waals surface area contributed by atoms with E-state index >= 15 is 0 Å². The van der Waals surface area contributed by atoms with Gasteiger partial charge in [0.15, 0.2) is 5.82 Å². The van der Waals surface area contributed by atoms with E-state index in [4.69, 9.17) is 19.4 Å². The van der Waals surface area contributed by atoms with Gasteiger partial charge in [-0.05, 0) is 30.9 Å². The van der Waals surface area contributed by atoms with Gasteiger partial charge in [0.1, 0.15) is 11.3 Å². The lowest BCUT2D eigenvalue weighted by Crippen LogP contribution is -2.66. The average molecular weight is 472 g/mol. The quantitative estimate of drug-likeness (QED) is 0.660. The third kappa shape index (κ3) is 5.92. The molecule has 4 rings (SSSR count). The highest BCUT2D eigenvalue weighted by Crippen LogP contribution is 2.42. The van der Waals surface area contributed by atoms with Gasteiger partial charge in [0, 0.05) is 25.2 Å². The fraction of sp³-hybridized carbons (Fsp3) is 0.450. The zero-order valence-corrected chi connectivity index (χ0v) is 17.2. The van der Waals surface area contributed by atoms with Gasteiger partial charge in [-0.25, -0.2) is 19.2 Å². The van der Waals surface area contributed by atoms with Crippen molar-refractivity contribution in [2.75, 3.05) is 26.3 Å². The first kappa shape index (κ1) is 24.3. The van der Waals surface area contributed by atoms with E-state index in [1.54, 1.807) is 4.90 Å². The predicted molar refractivity (Wildman–Crippen MR) is 103 cm³/mol. The summed E-state index contributed by atoms with van der Waals surface area (Å²) < 4.78 is 56.7. The molecule has 2 aromatic heterocycles. The molecular formula is C20H20F4N4O5. The molecule has 1 N–H and O–H groups in total. The first-order valence-corrected chi connectivity index (χ1v) is 9.85. The van der Waals surface area contributed by atoms with Gasteiger partial charge < -0.3 is 19.5 Å². The molecule has 4 heterocycles. The molecule has 13 heteroatoms. The number of halogens is 4. The maximum atomic E-state index is 13.6. The van der Waals surface area contributed by atoms with Crippen LogP contribution in [0.2, 0.25) is 0 Å². The molecule has 0 aromatic carbocycles. The second-order valence-electron chi connectivity index (χ2n) is 7.38. The SMILES string of the molecule is O=C(O)C(F)(F)F.O=C(c1cnccn1)N1CC2(C1)OCCC2CCOc1ncccc1F. The van der Waals surface area contributed by atoms with E-state index in [1.807, 2.05) is 0 Å². The van der Waals surface area contributed by atoms with Crippen molar-refractivity contribution in [3.05, 3.63) is 48.4 Å². The van der Waals surface area contributed by atoms with Crippen LogP contribution in [0.25, 0.3) is 0 Å². The van der Waals surface area contributed by atoms with Crippen LogP contribution in [0.3, 0.4) is 0 Å². The number of pyridine rings is 1. The molecular weight excluding hydrogens is 452 g/mol. The lowest BCUT2D eigenvalue weighted by molar-refractivity contribution is -0.192. The first-order valence-electron chi connectivity index (χ1n) is 9.85. The van der Waals surface area contributed by atoms with Crippen LogP contribution in [0.15, 0.2) is 36.9 Å². The summed E-state index contributed by atoms with van der Waals surface area (Å²) in [6.07, 6.45) is 2.56. The molecule has 33 heavy (non-hydrogen) atoms. The minimum Gasteiger partial charge on any atom is -0.476 e. The third-order valence-electron chi connectivity index (χ3n) is 5.26. The van der Waals surface area contributed by atoms with Crippen molar-refractivity contribution < 1.29 is 41.7 Å². The molecule has 0 saturated carbocycles. The van der Waals surface area contributed by atoms with Gasteiger partial charge in [-0.2, -0.15) is 13.2 Å². The second kappa shape index (κ2) is 10.1. The minimum absolute atomic E-state index is 0.0218. The van der Waals surface area contributed by atoms with Gasteiger partial charge in [-0.1, -0.05) is 0 Å². The highest BCUT2D eigenvalue weighted by Gasteiger charge is 2.54. The molecule has 178 valence electrons. The molecule has 1 unspecified atom stereocenters. The Balaban J connectivity index is 0.000000383. The molecule has 2 aliphatic heterocycles. The van der Waals surface area contributed by atoms with E-state index in [9.17, 15) is 22.4 Å². The standard InChI is InChI=1S/C18H19FN4O3.C2HF3O2/c19-14-2-1-5-22-16(14)25-8-3-13-4-9-26-18(13)11-23(12-18)17(24)15-10-20-6-7-21-15;3-2(4,5)1(6)7/h1-2,5-7,10,13H,3-4,8-9,11-12H2;(H,6,7). The number of hydrogen-bond acceptors (Lipinski definition) is 7. The average Bonchev–Trinajstić information content (AvgIpc) is 3.18. The van der Waals surface area contributed by atoms with Crippen LogP contribution in [0.5, 0.6) is 5.88 Å². The minimum atomic E-state index is -5.08. The van der Waals surface area contributed by atoms with Crippen LogP contribution < -0.4 is 4.74 Å². The van der Waals surface area contributed by atoms with Crippen molar-refractivity contribution in [3.63, 3.8) is 0 Å². The Morgan fingerprint density at radius 3 is 2.58 bits per heavy atom. The van der Waals surface area contributed by atoms with Crippen molar-refractivity contribution >= 4 is 11.9 Å². The molecule has 2 aliphatic rings. The highest BCUT2D eigenvalue weighted by atomic mass is 19.4. The smallest absolute Gasteiger partial charge is 0.476 e. The fourth-order valence-corrected chi connectivity index (χ4v) is 3.63. The number of ether oxygens (including phenoxy) is 2. The number of alkyl halides is 3. The van der Waals surface area contributed by atoms with Crippen LogP contribution in [0, 0.1) is 11.7 Å². The van der Waals surface area contributed by atoms with Crippen molar-refractivity contribution in [3.8, 4) is 5.88 Å². The topological polar surface area (TPSA) is 115 Å². The van der Waals surface area contributed by atoms with Gasteiger partial charge in [0.2, 0.25) is 5.88 Å². The van der Waals surface area contributed by atoms with Crippen molar-refractivity contribution in [2.45, 2.75) is 24.6 Å². The summed E-state index contributed by atoms with van der Waals surface area (Å²) in [7, 11) is 0. The monoisotopic (exact) mass is 472 g/mol. The Bertz CT molecular complexity index is 970. The van der Waals surface area contributed by atoms with Crippen molar-refractivity contribution in [1.29, 1.82) is 0 Å². The lowest BCUT2D eigenvalue weighted by Gasteiger charge is -2.50. The van der Waals surface area contributed by atoms with Gasteiger partial charge in [0.25, 0.3) is 5.91 Å². The van der Waals surface area contributed by atoms with Gasteiger partial charge in [0.05, 0.1) is 25.9 Å². The number of carboxylic acid groups (broad SMARTS) is 1. The maximum absolute atomic E-state index is 13.6. The maximum Gasteiger partial charge on any atom is 0.490 e. The number of carboxylic acids is 1. The summed E-state index contributed by atoms with van der Waals surface area (Å²) in [4.78, 5) is 34.9. The van der Waals surface area contributed by atoms with Crippen LogP contribution in [-0.2, 0) is 9.53 Å². The number of nitrogens with zero attached hydrogens (tertiary/aromatic N) is 4. The number of rotatable bonds is 5. The fourth-order valence-electron chi connectivity index (χ4n) is 3.63. The summed E-state index contributed by atoms with van der Waals surface area (Å²) in [6.45, 7) is 2.09. The van der Waals surface area contributed by atoms with Crippen molar-refractivity contribution in [2.24, 2.45) is 5.92 Å². The lowest BCUT2D eigenvalue weighted by atomic mass is 9.79. The summed E-state index contributed by atoms with van der Waals surface area (Å²) >= 11 is 0. The van der Waals surface area contributed by atoms with E-state index in [-0.39, 0.29) is 23.3 Å². The Morgan fingerprint density at radius 1 is 1.24 bits per heavy atom. The molecule has 1 spiro atoms. The predicted octanol–water partition coefficient (Wildman–Crippen LogP) is 2.34. The number of carbonyl (C=O) groups is 2. The molecule has 2 aromatic rings. The number of aliphatic carboxylic acids is 1. The van der Waals surface area contributed by atoms with Crippen LogP contribution >= 0.6 is 0 Å². The number of amides is 1. The number of likely N-dealkylation sites (tertiary alicyclic amines) is 1. The Morgan fingerprint density at radius 2 is 1.97 bits per heavy atom. The molecule has 0 radical (unpaired) electrons. The molecule has 0 bridgehead atoms. The van der Waals surface area contributed by atoms with Crippen LogP contribution in [0.1, 0.15) is 23.3 Å². The summed E-state index contributed by atoms with van der Waals surface area (Å²) in [5, 5.41) is 7.12. The largest absolute Gasteiger partial charge is 0.490 e. The van der Waals surface area contributed by atoms with E-state index in [1.165, 1.54) is 36.9 Å². The van der Waals surface area contributed by atoms with E-state index in [2.05, 4.69) is 15.0 Å². The Labute approximate surface area is 185 Å². The molecule has 1 atom stereocenters. The number of carbonyl (C=O) groups excluding carboxylic acids is 1. The Hall–Kier alpha value is -3.35. The van der Waals surface area contributed by atoms with Gasteiger partial charge in [-0.15, -0.1) is 0 Å². The summed E-state index contributed by atoms with van der Waals surface area (Å²) in [5.74, 6) is -3.07. The second-order valence-corrected chi connectivity index (χ2v) is 7.38. The third-order valence-corrected chi connectivity index (χ3v) is 5.26. The van der Waals surface area contributed by atoms with Crippen molar-refractivity contribution in [1.82, 2.24) is 19.9 Å². The summed E-state index contributed by atoms with van der Waals surface area (Å²) in [6, 6.07) is 2.85. The zero-order valence-electron chi connectivity index (χ0n) is 17.2. The molecule has 1 amide bonds. The number of hydrogen-bond donors (Lipinski definition) is 1. The van der Waals surface area contributed by atoms with Gasteiger partial charge >= 0.3 is 12.1 Å². The number of aromatic nitrogens is 3. The van der Waals surface area contributed by atoms with Crippen LogP contribution in [-0.4, -0.2) is 74.9 Å². The highest BCUT2D eigenvalue weighted by molar-refractivity contribution is 5.92. The Kier molecular flexibility index (Phi) is 7.41. The molecule has 0 aliphatic carbocycles.